The molecular weight excluding hydrogens is 334 g/mol. The van der Waals surface area contributed by atoms with Gasteiger partial charge in [0.15, 0.2) is 5.49 Å². The number of para-hydroxylation sites is 1. The zero-order valence-electron chi connectivity index (χ0n) is 14.9. The second-order valence-electron chi connectivity index (χ2n) is 5.54. The summed E-state index contributed by atoms with van der Waals surface area (Å²) < 4.78 is 17.2. The van der Waals surface area contributed by atoms with Crippen LogP contribution in [0, 0.1) is 5.41 Å². The first kappa shape index (κ1) is 17.4. The average Bonchev–Trinajstić information content (AvgIpc) is 2.69. The normalized spacial score (nSPS) is 10.6. The predicted molar refractivity (Wildman–Crippen MR) is 99.2 cm³/mol. The summed E-state index contributed by atoms with van der Waals surface area (Å²) in [6.45, 7) is 0.414. The number of nitrogens with one attached hydrogen (secondary N) is 2. The Hall–Kier alpha value is -3.42. The summed E-state index contributed by atoms with van der Waals surface area (Å²) in [5.41, 5.74) is 1.62. The molecule has 8 heteroatoms. The lowest BCUT2D eigenvalue weighted by atomic mass is 10.2. The highest BCUT2D eigenvalue weighted by atomic mass is 16.5. The molecule has 0 aliphatic carbocycles. The van der Waals surface area contributed by atoms with Crippen LogP contribution in [-0.4, -0.2) is 31.0 Å². The number of fused-ring (bicyclic) bond motifs is 1. The van der Waals surface area contributed by atoms with Gasteiger partial charge in [0.25, 0.3) is 0 Å². The molecule has 0 unspecified atom stereocenters. The lowest BCUT2D eigenvalue weighted by Gasteiger charge is -2.15. The van der Waals surface area contributed by atoms with Gasteiger partial charge in [-0.3, -0.25) is 5.41 Å². The van der Waals surface area contributed by atoms with Gasteiger partial charge in [-0.05, 0) is 24.3 Å². The molecule has 0 bridgehead atoms. The summed E-state index contributed by atoms with van der Waals surface area (Å²) >= 11 is 0. The largest absolute Gasteiger partial charge is 0.497 e. The fraction of sp³-hybridized carbons (Fsp3) is 0.222. The van der Waals surface area contributed by atoms with Gasteiger partial charge in [0.2, 0.25) is 5.95 Å². The zero-order valence-corrected chi connectivity index (χ0v) is 14.9. The van der Waals surface area contributed by atoms with Crippen molar-refractivity contribution in [3.8, 4) is 17.2 Å². The van der Waals surface area contributed by atoms with Gasteiger partial charge in [0.05, 0.1) is 21.3 Å². The predicted octanol–water partition coefficient (Wildman–Crippen LogP) is 1.87. The van der Waals surface area contributed by atoms with Crippen molar-refractivity contribution in [2.45, 2.75) is 6.54 Å². The third-order valence-electron chi connectivity index (χ3n) is 4.09. The lowest BCUT2D eigenvalue weighted by Crippen LogP contribution is -2.31. The Labute approximate surface area is 150 Å². The van der Waals surface area contributed by atoms with E-state index in [0.717, 1.165) is 5.56 Å². The van der Waals surface area contributed by atoms with Crippen LogP contribution < -0.4 is 30.9 Å². The van der Waals surface area contributed by atoms with Crippen molar-refractivity contribution in [1.82, 2.24) is 9.66 Å². The van der Waals surface area contributed by atoms with Gasteiger partial charge in [0.1, 0.15) is 22.8 Å². The van der Waals surface area contributed by atoms with E-state index < -0.39 is 0 Å². The summed E-state index contributed by atoms with van der Waals surface area (Å²) in [6, 6.07) is 10.9. The van der Waals surface area contributed by atoms with Crippen LogP contribution in [0.4, 0.5) is 5.95 Å². The Bertz CT molecular complexity index is 1000. The van der Waals surface area contributed by atoms with Gasteiger partial charge in [-0.2, -0.15) is 0 Å². The number of hydrogen-bond acceptors (Lipinski definition) is 7. The minimum Gasteiger partial charge on any atom is -0.497 e. The fourth-order valence-corrected chi connectivity index (χ4v) is 2.69. The van der Waals surface area contributed by atoms with Crippen LogP contribution in [0.1, 0.15) is 5.56 Å². The molecule has 0 saturated heterocycles. The van der Waals surface area contributed by atoms with Crippen LogP contribution in [0.25, 0.3) is 10.9 Å². The number of nitrogens with two attached hydrogens (primary N) is 1. The van der Waals surface area contributed by atoms with Gasteiger partial charge in [-0.25, -0.2) is 9.66 Å². The molecule has 0 spiro atoms. The summed E-state index contributed by atoms with van der Waals surface area (Å²) in [5.74, 6) is 8.36. The monoisotopic (exact) mass is 355 g/mol. The number of rotatable bonds is 6. The Morgan fingerprint density at radius 2 is 1.85 bits per heavy atom. The maximum absolute atomic E-state index is 8.28. The van der Waals surface area contributed by atoms with E-state index in [-0.39, 0.29) is 5.49 Å². The number of methoxy groups -OCH3 is 3. The first-order chi connectivity index (χ1) is 12.6. The molecular formula is C18H21N5O3. The quantitative estimate of drug-likeness (QED) is 0.583. The van der Waals surface area contributed by atoms with E-state index in [4.69, 9.17) is 25.5 Å². The molecule has 3 aromatic rings. The number of nitrogen functional groups attached to an aromatic ring is 1. The maximum atomic E-state index is 8.28. The zero-order chi connectivity index (χ0) is 18.7. The number of aromatic nitrogens is 2. The van der Waals surface area contributed by atoms with E-state index >= 15 is 0 Å². The van der Waals surface area contributed by atoms with E-state index in [0.29, 0.717) is 40.6 Å². The molecule has 136 valence electrons. The minimum atomic E-state index is 0.137. The van der Waals surface area contributed by atoms with Crippen molar-refractivity contribution in [3.63, 3.8) is 0 Å². The third kappa shape index (κ3) is 3.08. The lowest BCUT2D eigenvalue weighted by molar-refractivity contribution is 0.391. The third-order valence-corrected chi connectivity index (χ3v) is 4.09. The molecule has 0 fully saturated rings. The van der Waals surface area contributed by atoms with Gasteiger partial charge < -0.3 is 25.4 Å². The van der Waals surface area contributed by atoms with Gasteiger partial charge in [-0.15, -0.1) is 0 Å². The number of benzene rings is 2. The summed E-state index contributed by atoms with van der Waals surface area (Å²) in [5, 5.41) is 12.0. The van der Waals surface area contributed by atoms with E-state index in [1.54, 1.807) is 45.6 Å². The fourth-order valence-electron chi connectivity index (χ4n) is 2.69. The van der Waals surface area contributed by atoms with Crippen molar-refractivity contribution in [3.05, 3.63) is 47.4 Å². The van der Waals surface area contributed by atoms with E-state index in [2.05, 4.69) is 10.3 Å². The van der Waals surface area contributed by atoms with Crippen LogP contribution in [0.5, 0.6) is 17.2 Å². The SMILES string of the molecule is COc1ccc(CNc2nc3c(OC)cccc3c(=N)n2N)c(OC)c1. The van der Waals surface area contributed by atoms with Crippen molar-refractivity contribution in [2.75, 3.05) is 32.5 Å². The van der Waals surface area contributed by atoms with Crippen molar-refractivity contribution in [1.29, 1.82) is 5.41 Å². The molecule has 0 radical (unpaired) electrons. The van der Waals surface area contributed by atoms with Crippen LogP contribution in [0.2, 0.25) is 0 Å². The van der Waals surface area contributed by atoms with Crippen molar-refractivity contribution in [2.24, 2.45) is 0 Å². The second kappa shape index (κ2) is 7.22. The van der Waals surface area contributed by atoms with Crippen molar-refractivity contribution < 1.29 is 14.2 Å². The standard InChI is InChI=1S/C18H21N5O3/c1-24-12-8-7-11(15(9-12)26-3)10-21-18-22-16-13(17(19)23(18)20)5-4-6-14(16)25-2/h4-9,19H,10,20H2,1-3H3,(H,21,22). The topological polar surface area (TPSA) is 107 Å². The van der Waals surface area contributed by atoms with Gasteiger partial charge in [0, 0.05) is 23.6 Å². The Morgan fingerprint density at radius 1 is 1.08 bits per heavy atom. The molecule has 2 aromatic carbocycles. The Morgan fingerprint density at radius 3 is 2.54 bits per heavy atom. The summed E-state index contributed by atoms with van der Waals surface area (Å²) in [7, 11) is 4.77. The minimum absolute atomic E-state index is 0.137. The molecule has 1 heterocycles. The number of nitrogens with zero attached hydrogens (tertiary/aromatic N) is 2. The van der Waals surface area contributed by atoms with E-state index in [9.17, 15) is 0 Å². The van der Waals surface area contributed by atoms with Crippen LogP contribution >= 0.6 is 0 Å². The van der Waals surface area contributed by atoms with Crippen LogP contribution in [0.15, 0.2) is 36.4 Å². The summed E-state index contributed by atoms with van der Waals surface area (Å²) in [4.78, 5) is 4.53. The average molecular weight is 355 g/mol. The van der Waals surface area contributed by atoms with Crippen LogP contribution in [0.3, 0.4) is 0 Å². The maximum Gasteiger partial charge on any atom is 0.224 e. The molecule has 0 aliphatic rings. The van der Waals surface area contributed by atoms with Gasteiger partial charge in [-0.1, -0.05) is 6.07 Å². The highest BCUT2D eigenvalue weighted by molar-refractivity contribution is 5.84. The first-order valence-electron chi connectivity index (χ1n) is 7.93. The summed E-state index contributed by atoms with van der Waals surface area (Å²) in [6.07, 6.45) is 0. The van der Waals surface area contributed by atoms with Crippen LogP contribution in [-0.2, 0) is 6.54 Å². The second-order valence-corrected chi connectivity index (χ2v) is 5.54. The van der Waals surface area contributed by atoms with E-state index in [1.165, 1.54) is 4.68 Å². The molecule has 26 heavy (non-hydrogen) atoms. The highest BCUT2D eigenvalue weighted by Gasteiger charge is 2.12. The Balaban J connectivity index is 1.97. The smallest absolute Gasteiger partial charge is 0.224 e. The molecule has 0 saturated carbocycles. The number of hydrogen-bond donors (Lipinski definition) is 3. The van der Waals surface area contributed by atoms with Gasteiger partial charge >= 0.3 is 0 Å². The molecule has 1 aromatic heterocycles. The number of ether oxygens (including phenoxy) is 3. The molecule has 0 amide bonds. The van der Waals surface area contributed by atoms with Crippen molar-refractivity contribution >= 4 is 16.9 Å². The van der Waals surface area contributed by atoms with E-state index in [1.807, 2.05) is 12.1 Å². The Kier molecular flexibility index (Phi) is 4.83. The molecule has 8 nitrogen and oxygen atoms in total. The number of anilines is 1. The molecule has 0 atom stereocenters. The molecule has 4 N–H and O–H groups in total. The first-order valence-corrected chi connectivity index (χ1v) is 7.93. The highest BCUT2D eigenvalue weighted by Crippen LogP contribution is 2.26. The molecule has 0 aliphatic heterocycles. The molecule has 3 rings (SSSR count).